The zero-order chi connectivity index (χ0) is 20.1. The molecule has 0 unspecified atom stereocenters. The van der Waals surface area contributed by atoms with Crippen LogP contribution in [0.2, 0.25) is 0 Å². The van der Waals surface area contributed by atoms with Gasteiger partial charge >= 0.3 is 0 Å². The Balaban J connectivity index is 1.43. The third-order valence-corrected chi connectivity index (χ3v) is 4.00. The number of rotatable bonds is 7. The molecule has 10 nitrogen and oxygen atoms in total. The predicted molar refractivity (Wildman–Crippen MR) is 103 cm³/mol. The standard InChI is InChI=1S/C19H17N7O3/c1-28-14-4-2-3-13(11-14)18-24-23-16-5-6-17(25-26(16)18)29-10-9-22-19(27)15-12-20-7-8-21-15/h2-8,11-12H,9-10H2,1H3,(H,22,27). The van der Waals surface area contributed by atoms with Crippen LogP contribution in [0.3, 0.4) is 0 Å². The molecule has 10 heteroatoms. The largest absolute Gasteiger partial charge is 0.497 e. The normalized spacial score (nSPS) is 10.7. The first-order valence-corrected chi connectivity index (χ1v) is 8.78. The number of aromatic nitrogens is 6. The maximum atomic E-state index is 11.9. The van der Waals surface area contributed by atoms with E-state index in [9.17, 15) is 4.79 Å². The van der Waals surface area contributed by atoms with E-state index in [0.717, 1.165) is 5.56 Å². The van der Waals surface area contributed by atoms with Gasteiger partial charge in [-0.05, 0) is 18.2 Å². The summed E-state index contributed by atoms with van der Waals surface area (Å²) >= 11 is 0. The van der Waals surface area contributed by atoms with E-state index in [0.29, 0.717) is 29.6 Å². The first kappa shape index (κ1) is 18.3. The topological polar surface area (TPSA) is 116 Å². The fraction of sp³-hybridized carbons (Fsp3) is 0.158. The monoisotopic (exact) mass is 391 g/mol. The van der Waals surface area contributed by atoms with Gasteiger partial charge in [-0.2, -0.15) is 4.52 Å². The molecule has 4 rings (SSSR count). The van der Waals surface area contributed by atoms with Gasteiger partial charge in [-0.25, -0.2) is 4.98 Å². The smallest absolute Gasteiger partial charge is 0.271 e. The van der Waals surface area contributed by atoms with Crippen LogP contribution >= 0.6 is 0 Å². The van der Waals surface area contributed by atoms with E-state index in [1.165, 1.54) is 18.6 Å². The number of hydrogen-bond donors (Lipinski definition) is 1. The molecule has 0 fully saturated rings. The average molecular weight is 391 g/mol. The van der Waals surface area contributed by atoms with Crippen LogP contribution in [-0.2, 0) is 0 Å². The second-order valence-corrected chi connectivity index (χ2v) is 5.89. The lowest BCUT2D eigenvalue weighted by Crippen LogP contribution is -2.29. The maximum absolute atomic E-state index is 11.9. The Morgan fingerprint density at radius 3 is 2.93 bits per heavy atom. The van der Waals surface area contributed by atoms with Gasteiger partial charge in [0.2, 0.25) is 5.88 Å². The first-order chi connectivity index (χ1) is 14.2. The van der Waals surface area contributed by atoms with Crippen molar-refractivity contribution in [1.29, 1.82) is 0 Å². The van der Waals surface area contributed by atoms with Crippen LogP contribution in [0, 0.1) is 0 Å². The van der Waals surface area contributed by atoms with Crippen molar-refractivity contribution in [2.45, 2.75) is 0 Å². The number of methoxy groups -OCH3 is 1. The number of carbonyl (C=O) groups excluding carboxylic acids is 1. The lowest BCUT2D eigenvalue weighted by molar-refractivity contribution is 0.0941. The molecule has 1 aromatic carbocycles. The summed E-state index contributed by atoms with van der Waals surface area (Å²) in [6.07, 6.45) is 4.37. The van der Waals surface area contributed by atoms with Crippen molar-refractivity contribution in [2.75, 3.05) is 20.3 Å². The van der Waals surface area contributed by atoms with Crippen molar-refractivity contribution in [3.05, 3.63) is 60.7 Å². The molecule has 3 aromatic heterocycles. The van der Waals surface area contributed by atoms with Crippen LogP contribution in [-0.4, -0.2) is 55.9 Å². The Morgan fingerprint density at radius 2 is 2.10 bits per heavy atom. The van der Waals surface area contributed by atoms with Gasteiger partial charge in [-0.1, -0.05) is 12.1 Å². The second-order valence-electron chi connectivity index (χ2n) is 5.89. The summed E-state index contributed by atoms with van der Waals surface area (Å²) in [5, 5.41) is 15.5. The maximum Gasteiger partial charge on any atom is 0.271 e. The molecule has 146 valence electrons. The number of hydrogen-bond acceptors (Lipinski definition) is 8. The Labute approximate surface area is 165 Å². The van der Waals surface area contributed by atoms with E-state index < -0.39 is 0 Å². The molecule has 0 saturated heterocycles. The number of nitrogens with zero attached hydrogens (tertiary/aromatic N) is 6. The van der Waals surface area contributed by atoms with Crippen molar-refractivity contribution in [3.63, 3.8) is 0 Å². The van der Waals surface area contributed by atoms with Crippen molar-refractivity contribution in [1.82, 2.24) is 35.1 Å². The molecule has 4 aromatic rings. The molecule has 0 bridgehead atoms. The predicted octanol–water partition coefficient (Wildman–Crippen LogP) is 1.40. The molecule has 1 N–H and O–H groups in total. The van der Waals surface area contributed by atoms with E-state index in [4.69, 9.17) is 9.47 Å². The van der Waals surface area contributed by atoms with Crippen molar-refractivity contribution >= 4 is 11.6 Å². The van der Waals surface area contributed by atoms with E-state index in [-0.39, 0.29) is 18.2 Å². The summed E-state index contributed by atoms with van der Waals surface area (Å²) in [6, 6.07) is 10.9. The van der Waals surface area contributed by atoms with Gasteiger partial charge in [-0.15, -0.1) is 15.3 Å². The molecule has 0 spiro atoms. The van der Waals surface area contributed by atoms with Gasteiger partial charge in [0.15, 0.2) is 11.5 Å². The van der Waals surface area contributed by atoms with Crippen molar-refractivity contribution in [2.24, 2.45) is 0 Å². The second kappa shape index (κ2) is 8.30. The van der Waals surface area contributed by atoms with Crippen molar-refractivity contribution < 1.29 is 14.3 Å². The third kappa shape index (κ3) is 4.10. The lowest BCUT2D eigenvalue weighted by atomic mass is 10.2. The number of fused-ring (bicyclic) bond motifs is 1. The number of nitrogens with one attached hydrogen (secondary N) is 1. The van der Waals surface area contributed by atoms with E-state index in [2.05, 4.69) is 30.6 Å². The highest BCUT2D eigenvalue weighted by molar-refractivity contribution is 5.91. The zero-order valence-electron chi connectivity index (χ0n) is 15.5. The highest BCUT2D eigenvalue weighted by atomic mass is 16.5. The van der Waals surface area contributed by atoms with Crippen LogP contribution in [0.4, 0.5) is 0 Å². The number of carbonyl (C=O) groups is 1. The summed E-state index contributed by atoms with van der Waals surface area (Å²) in [4.78, 5) is 19.7. The molecule has 0 aliphatic carbocycles. The highest BCUT2D eigenvalue weighted by Gasteiger charge is 2.11. The van der Waals surface area contributed by atoms with Crippen LogP contribution < -0.4 is 14.8 Å². The van der Waals surface area contributed by atoms with Crippen LogP contribution in [0.25, 0.3) is 17.0 Å². The molecule has 0 aliphatic heterocycles. The quantitative estimate of drug-likeness (QED) is 0.470. The molecular formula is C19H17N7O3. The Hall–Kier alpha value is -4.08. The van der Waals surface area contributed by atoms with E-state index >= 15 is 0 Å². The molecule has 0 atom stereocenters. The SMILES string of the molecule is COc1cccc(-c2nnc3ccc(OCCNC(=O)c4cnccn4)nn23)c1. The fourth-order valence-electron chi connectivity index (χ4n) is 2.62. The van der Waals surface area contributed by atoms with Gasteiger partial charge in [0.25, 0.3) is 5.91 Å². The van der Waals surface area contributed by atoms with Gasteiger partial charge in [-0.3, -0.25) is 9.78 Å². The summed E-state index contributed by atoms with van der Waals surface area (Å²) in [5.41, 5.74) is 1.66. The first-order valence-electron chi connectivity index (χ1n) is 8.78. The molecule has 0 radical (unpaired) electrons. The van der Waals surface area contributed by atoms with Crippen LogP contribution in [0.5, 0.6) is 11.6 Å². The zero-order valence-corrected chi connectivity index (χ0v) is 15.5. The van der Waals surface area contributed by atoms with Gasteiger partial charge in [0.1, 0.15) is 18.1 Å². The number of benzene rings is 1. The summed E-state index contributed by atoms with van der Waals surface area (Å²) in [6.45, 7) is 0.529. The lowest BCUT2D eigenvalue weighted by Gasteiger charge is -2.07. The minimum atomic E-state index is -0.316. The Bertz CT molecular complexity index is 1130. The molecule has 29 heavy (non-hydrogen) atoms. The Morgan fingerprint density at radius 1 is 1.17 bits per heavy atom. The average Bonchev–Trinajstić information content (AvgIpc) is 3.20. The summed E-state index contributed by atoms with van der Waals surface area (Å²) < 4.78 is 12.5. The number of ether oxygens (including phenoxy) is 2. The third-order valence-electron chi connectivity index (χ3n) is 4.00. The molecule has 0 saturated carbocycles. The molecular weight excluding hydrogens is 374 g/mol. The molecule has 1 amide bonds. The highest BCUT2D eigenvalue weighted by Crippen LogP contribution is 2.23. The fourth-order valence-corrected chi connectivity index (χ4v) is 2.62. The van der Waals surface area contributed by atoms with E-state index in [1.54, 1.807) is 23.8 Å². The Kier molecular flexibility index (Phi) is 5.23. The van der Waals surface area contributed by atoms with Gasteiger partial charge in [0, 0.05) is 24.0 Å². The minimum absolute atomic E-state index is 0.237. The van der Waals surface area contributed by atoms with Gasteiger partial charge in [0.05, 0.1) is 19.9 Å². The summed E-state index contributed by atoms with van der Waals surface area (Å²) in [5.74, 6) is 1.35. The van der Waals surface area contributed by atoms with Crippen molar-refractivity contribution in [3.8, 4) is 23.0 Å². The van der Waals surface area contributed by atoms with Crippen LogP contribution in [0.1, 0.15) is 10.5 Å². The molecule has 0 aliphatic rings. The van der Waals surface area contributed by atoms with E-state index in [1.807, 2.05) is 24.3 Å². The van der Waals surface area contributed by atoms with Crippen LogP contribution in [0.15, 0.2) is 55.0 Å². The number of amides is 1. The van der Waals surface area contributed by atoms with Gasteiger partial charge < -0.3 is 14.8 Å². The summed E-state index contributed by atoms with van der Waals surface area (Å²) in [7, 11) is 1.61. The molecule has 3 heterocycles. The minimum Gasteiger partial charge on any atom is -0.497 e.